The third kappa shape index (κ3) is 3.40. The Morgan fingerprint density at radius 3 is 2.86 bits per heavy atom. The number of carbonyl (C=O) groups excluding carboxylic acids is 1. The molecule has 3 rings (SSSR count). The summed E-state index contributed by atoms with van der Waals surface area (Å²) >= 11 is 6.08. The van der Waals surface area contributed by atoms with Gasteiger partial charge < -0.3 is 15.6 Å². The molecular weight excluding hydrogens is 298 g/mol. The highest BCUT2D eigenvalue weighted by molar-refractivity contribution is 6.31. The van der Waals surface area contributed by atoms with Crippen LogP contribution in [0.5, 0.6) is 0 Å². The normalized spacial score (nSPS) is 10.6. The Balaban J connectivity index is 1.53. The second kappa shape index (κ2) is 6.54. The monoisotopic (exact) mass is 313 g/mol. The predicted molar refractivity (Wildman–Crippen MR) is 90.5 cm³/mol. The van der Waals surface area contributed by atoms with Gasteiger partial charge in [-0.15, -0.1) is 0 Å². The first kappa shape index (κ1) is 14.5. The number of urea groups is 1. The SMILES string of the molecule is O=C(NCCc1ccccc1Cl)Nc1ccc2cc[nH]c2c1. The standard InChI is InChI=1S/C17H16ClN3O/c18-15-4-2-1-3-12(15)7-10-20-17(22)21-14-6-5-13-8-9-19-16(13)11-14/h1-6,8-9,11,19H,7,10H2,(H2,20,21,22). The molecule has 4 nitrogen and oxygen atoms in total. The molecule has 0 spiro atoms. The number of anilines is 1. The van der Waals surface area contributed by atoms with E-state index in [4.69, 9.17) is 11.6 Å². The number of rotatable bonds is 4. The lowest BCUT2D eigenvalue weighted by Crippen LogP contribution is -2.30. The number of fused-ring (bicyclic) bond motifs is 1. The molecule has 0 bridgehead atoms. The van der Waals surface area contributed by atoms with Gasteiger partial charge in [0, 0.05) is 29.0 Å². The van der Waals surface area contributed by atoms with Gasteiger partial charge in [-0.3, -0.25) is 0 Å². The molecule has 3 N–H and O–H groups in total. The van der Waals surface area contributed by atoms with Gasteiger partial charge in [-0.1, -0.05) is 35.9 Å². The Bertz CT molecular complexity index is 797. The quantitative estimate of drug-likeness (QED) is 0.664. The largest absolute Gasteiger partial charge is 0.361 e. The maximum Gasteiger partial charge on any atom is 0.319 e. The second-order valence-corrected chi connectivity index (χ2v) is 5.41. The Kier molecular flexibility index (Phi) is 4.30. The van der Waals surface area contributed by atoms with Crippen molar-refractivity contribution in [3.05, 3.63) is 65.3 Å². The third-order valence-electron chi connectivity index (χ3n) is 3.45. The molecule has 0 fully saturated rings. The smallest absolute Gasteiger partial charge is 0.319 e. The van der Waals surface area contributed by atoms with Gasteiger partial charge in [0.25, 0.3) is 0 Å². The number of nitrogens with one attached hydrogen (secondary N) is 3. The fourth-order valence-electron chi connectivity index (χ4n) is 2.31. The number of hydrogen-bond donors (Lipinski definition) is 3. The molecule has 22 heavy (non-hydrogen) atoms. The summed E-state index contributed by atoms with van der Waals surface area (Å²) in [6.45, 7) is 0.528. The van der Waals surface area contributed by atoms with Crippen LogP contribution in [0.1, 0.15) is 5.56 Å². The first-order chi connectivity index (χ1) is 10.7. The fourth-order valence-corrected chi connectivity index (χ4v) is 2.54. The van der Waals surface area contributed by atoms with Gasteiger partial charge in [0.2, 0.25) is 0 Å². The van der Waals surface area contributed by atoms with Crippen molar-refractivity contribution in [1.29, 1.82) is 0 Å². The summed E-state index contributed by atoms with van der Waals surface area (Å²) in [6.07, 6.45) is 2.57. The van der Waals surface area contributed by atoms with Crippen molar-refractivity contribution in [2.45, 2.75) is 6.42 Å². The minimum Gasteiger partial charge on any atom is -0.361 e. The molecule has 112 valence electrons. The van der Waals surface area contributed by atoms with Gasteiger partial charge in [-0.2, -0.15) is 0 Å². The number of amides is 2. The second-order valence-electron chi connectivity index (χ2n) is 5.00. The Labute approximate surface area is 133 Å². The van der Waals surface area contributed by atoms with Crippen molar-refractivity contribution in [2.24, 2.45) is 0 Å². The zero-order valence-corrected chi connectivity index (χ0v) is 12.7. The molecule has 0 aliphatic heterocycles. The van der Waals surface area contributed by atoms with Crippen molar-refractivity contribution in [3.8, 4) is 0 Å². The maximum atomic E-state index is 11.9. The lowest BCUT2D eigenvalue weighted by molar-refractivity contribution is 0.252. The van der Waals surface area contributed by atoms with Crippen molar-refractivity contribution in [2.75, 3.05) is 11.9 Å². The zero-order valence-electron chi connectivity index (χ0n) is 11.9. The Hall–Kier alpha value is -2.46. The number of carbonyl (C=O) groups is 1. The molecule has 1 aromatic heterocycles. The van der Waals surface area contributed by atoms with Crippen molar-refractivity contribution >= 4 is 34.2 Å². The third-order valence-corrected chi connectivity index (χ3v) is 3.82. The van der Waals surface area contributed by atoms with E-state index in [0.717, 1.165) is 27.2 Å². The fraction of sp³-hybridized carbons (Fsp3) is 0.118. The van der Waals surface area contributed by atoms with E-state index in [1.807, 2.05) is 54.7 Å². The molecule has 0 aliphatic rings. The lowest BCUT2D eigenvalue weighted by Gasteiger charge is -2.08. The number of benzene rings is 2. The van der Waals surface area contributed by atoms with Gasteiger partial charge in [0.05, 0.1) is 0 Å². The van der Waals surface area contributed by atoms with E-state index in [1.165, 1.54) is 0 Å². The molecule has 0 aliphatic carbocycles. The van der Waals surface area contributed by atoms with Crippen LogP contribution in [-0.2, 0) is 6.42 Å². The molecular formula is C17H16ClN3O. The molecule has 0 radical (unpaired) electrons. The molecule has 0 saturated heterocycles. The van der Waals surface area contributed by atoms with Gasteiger partial charge in [-0.05, 0) is 41.6 Å². The topological polar surface area (TPSA) is 56.9 Å². The summed E-state index contributed by atoms with van der Waals surface area (Å²) in [5.74, 6) is 0. The average Bonchev–Trinajstić information content (AvgIpc) is 2.97. The van der Waals surface area contributed by atoms with Crippen LogP contribution in [0.2, 0.25) is 5.02 Å². The van der Waals surface area contributed by atoms with Gasteiger partial charge in [0.15, 0.2) is 0 Å². The van der Waals surface area contributed by atoms with Crippen molar-refractivity contribution in [3.63, 3.8) is 0 Å². The van der Waals surface area contributed by atoms with Crippen LogP contribution in [0.15, 0.2) is 54.7 Å². The van der Waals surface area contributed by atoms with Crippen LogP contribution in [-0.4, -0.2) is 17.6 Å². The summed E-state index contributed by atoms with van der Waals surface area (Å²) < 4.78 is 0. The van der Waals surface area contributed by atoms with Crippen LogP contribution in [0.3, 0.4) is 0 Å². The first-order valence-electron chi connectivity index (χ1n) is 7.08. The molecule has 0 atom stereocenters. The molecule has 0 saturated carbocycles. The summed E-state index contributed by atoms with van der Waals surface area (Å²) in [7, 11) is 0. The highest BCUT2D eigenvalue weighted by Crippen LogP contribution is 2.17. The minimum atomic E-state index is -0.224. The molecule has 2 aromatic carbocycles. The number of hydrogen-bond acceptors (Lipinski definition) is 1. The Morgan fingerprint density at radius 1 is 1.14 bits per heavy atom. The van der Waals surface area contributed by atoms with Crippen molar-refractivity contribution < 1.29 is 4.79 Å². The number of H-pyrrole nitrogens is 1. The average molecular weight is 314 g/mol. The van der Waals surface area contributed by atoms with E-state index in [-0.39, 0.29) is 6.03 Å². The van der Waals surface area contributed by atoms with E-state index in [1.54, 1.807) is 0 Å². The number of halogens is 1. The van der Waals surface area contributed by atoms with Gasteiger partial charge >= 0.3 is 6.03 Å². The summed E-state index contributed by atoms with van der Waals surface area (Å²) in [5.41, 5.74) is 2.77. The van der Waals surface area contributed by atoms with Crippen LogP contribution < -0.4 is 10.6 Å². The summed E-state index contributed by atoms with van der Waals surface area (Å²) in [4.78, 5) is 15.0. The summed E-state index contributed by atoms with van der Waals surface area (Å²) in [5, 5.41) is 7.49. The highest BCUT2D eigenvalue weighted by Gasteiger charge is 2.04. The highest BCUT2D eigenvalue weighted by atomic mass is 35.5. The van der Waals surface area contributed by atoms with E-state index in [0.29, 0.717) is 13.0 Å². The molecule has 1 heterocycles. The predicted octanol–water partition coefficient (Wildman–Crippen LogP) is 4.19. The van der Waals surface area contributed by atoms with E-state index in [2.05, 4.69) is 15.6 Å². The minimum absolute atomic E-state index is 0.224. The Morgan fingerprint density at radius 2 is 2.00 bits per heavy atom. The van der Waals surface area contributed by atoms with Crippen molar-refractivity contribution in [1.82, 2.24) is 10.3 Å². The molecule has 5 heteroatoms. The maximum absolute atomic E-state index is 11.9. The summed E-state index contributed by atoms with van der Waals surface area (Å²) in [6, 6.07) is 15.2. The van der Waals surface area contributed by atoms with Crippen LogP contribution in [0.4, 0.5) is 10.5 Å². The van der Waals surface area contributed by atoms with Crippen LogP contribution in [0.25, 0.3) is 10.9 Å². The van der Waals surface area contributed by atoms with E-state index in [9.17, 15) is 4.79 Å². The van der Waals surface area contributed by atoms with E-state index < -0.39 is 0 Å². The number of aromatic amines is 1. The zero-order chi connectivity index (χ0) is 15.4. The molecule has 2 amide bonds. The van der Waals surface area contributed by atoms with E-state index >= 15 is 0 Å². The molecule has 3 aromatic rings. The van der Waals surface area contributed by atoms with Crippen LogP contribution >= 0.6 is 11.6 Å². The molecule has 0 unspecified atom stereocenters. The lowest BCUT2D eigenvalue weighted by atomic mass is 10.1. The van der Waals surface area contributed by atoms with Crippen LogP contribution in [0, 0.1) is 0 Å². The number of aromatic nitrogens is 1. The first-order valence-corrected chi connectivity index (χ1v) is 7.45. The van der Waals surface area contributed by atoms with Gasteiger partial charge in [0.1, 0.15) is 0 Å². The van der Waals surface area contributed by atoms with Gasteiger partial charge in [-0.25, -0.2) is 4.79 Å².